The topological polar surface area (TPSA) is 17.1 Å². The molecule has 0 amide bonds. The van der Waals surface area contributed by atoms with Crippen LogP contribution in [0.1, 0.15) is 104 Å². The second-order valence-electron chi connectivity index (χ2n) is 10.5. The number of rotatable bonds is 5. The van der Waals surface area contributed by atoms with Crippen LogP contribution in [-0.2, 0) is 4.79 Å². The first kappa shape index (κ1) is 19.5. The molecule has 0 aromatic rings. The minimum absolute atomic E-state index is 0.324. The molecule has 3 saturated carbocycles. The van der Waals surface area contributed by atoms with Gasteiger partial charge in [0.25, 0.3) is 0 Å². The first-order chi connectivity index (χ1) is 13.0. The highest BCUT2D eigenvalue weighted by atomic mass is 16.1. The predicted molar refractivity (Wildman–Crippen MR) is 114 cm³/mol. The summed E-state index contributed by atoms with van der Waals surface area (Å²) in [5, 5.41) is 0. The highest BCUT2D eigenvalue weighted by Crippen LogP contribution is 2.66. The zero-order valence-electron chi connectivity index (χ0n) is 18.0. The van der Waals surface area contributed by atoms with E-state index in [2.05, 4.69) is 26.8 Å². The Morgan fingerprint density at radius 1 is 0.963 bits per heavy atom. The Balaban J connectivity index is 1.50. The largest absolute Gasteiger partial charge is 0.295 e. The molecule has 0 spiro atoms. The molecule has 0 aromatic heterocycles. The highest BCUT2D eigenvalue weighted by Gasteiger charge is 2.57. The lowest BCUT2D eigenvalue weighted by atomic mass is 9.47. The fourth-order valence-electron chi connectivity index (χ4n) is 7.59. The third-order valence-corrected chi connectivity index (χ3v) is 9.26. The Morgan fingerprint density at radius 2 is 1.78 bits per heavy atom. The lowest BCUT2D eigenvalue weighted by molar-refractivity contribution is -0.117. The van der Waals surface area contributed by atoms with E-state index in [9.17, 15) is 4.79 Å². The quantitative estimate of drug-likeness (QED) is 0.364. The monoisotopic (exact) mass is 368 g/mol. The van der Waals surface area contributed by atoms with Crippen LogP contribution in [0, 0.1) is 28.6 Å². The van der Waals surface area contributed by atoms with Gasteiger partial charge in [0, 0.05) is 6.42 Å². The first-order valence-electron chi connectivity index (χ1n) is 11.9. The number of carbonyl (C=O) groups is 1. The molecular weight excluding hydrogens is 328 g/mol. The normalized spacial score (nSPS) is 42.5. The van der Waals surface area contributed by atoms with E-state index in [4.69, 9.17) is 0 Å². The van der Waals surface area contributed by atoms with E-state index in [1.807, 2.05) is 11.6 Å². The number of hydrogen-bond donors (Lipinski definition) is 0. The Hall–Kier alpha value is -0.850. The van der Waals surface area contributed by atoms with Crippen LogP contribution in [0.3, 0.4) is 0 Å². The molecule has 1 nitrogen and oxygen atoms in total. The van der Waals surface area contributed by atoms with E-state index in [0.717, 1.165) is 30.6 Å². The Labute approximate surface area is 167 Å². The van der Waals surface area contributed by atoms with Crippen LogP contribution < -0.4 is 0 Å². The van der Waals surface area contributed by atoms with Crippen LogP contribution in [0.15, 0.2) is 23.3 Å². The molecule has 0 saturated heterocycles. The standard InChI is InChI=1S/C26H40O/c1-4-5-6-7-8-9-19-11-13-23-22-12-10-20-18-21(27)14-16-26(20,3)24(22)15-17-25(19,23)2/h9,18,22-24H,4-8,10-17H2,1-3H3/t22?,23?,24?,25-,26+/m1/s1. The highest BCUT2D eigenvalue weighted by molar-refractivity contribution is 5.91. The lowest BCUT2D eigenvalue weighted by Gasteiger charge is -2.57. The van der Waals surface area contributed by atoms with Gasteiger partial charge in [0.05, 0.1) is 0 Å². The fraction of sp³-hybridized carbons (Fsp3) is 0.808. The second-order valence-corrected chi connectivity index (χ2v) is 10.5. The van der Waals surface area contributed by atoms with Crippen molar-refractivity contribution in [3.05, 3.63) is 23.3 Å². The fourth-order valence-corrected chi connectivity index (χ4v) is 7.59. The van der Waals surface area contributed by atoms with Crippen LogP contribution in [0.4, 0.5) is 0 Å². The molecule has 3 fully saturated rings. The van der Waals surface area contributed by atoms with Gasteiger partial charge in [-0.3, -0.25) is 4.79 Å². The van der Waals surface area contributed by atoms with Crippen LogP contribution in [0.25, 0.3) is 0 Å². The minimum atomic E-state index is 0.324. The number of carbonyl (C=O) groups excluding carboxylic acids is 1. The summed E-state index contributed by atoms with van der Waals surface area (Å²) in [6.45, 7) is 7.41. The molecule has 4 aliphatic rings. The van der Waals surface area contributed by atoms with E-state index in [0.29, 0.717) is 16.6 Å². The maximum Gasteiger partial charge on any atom is 0.155 e. The van der Waals surface area contributed by atoms with Gasteiger partial charge in [-0.05, 0) is 92.4 Å². The van der Waals surface area contributed by atoms with Gasteiger partial charge in [0.15, 0.2) is 5.78 Å². The molecule has 27 heavy (non-hydrogen) atoms. The van der Waals surface area contributed by atoms with Gasteiger partial charge >= 0.3 is 0 Å². The molecule has 1 heteroatoms. The van der Waals surface area contributed by atoms with Crippen molar-refractivity contribution in [2.45, 2.75) is 104 Å². The average molecular weight is 369 g/mol. The number of ketones is 1. The SMILES string of the molecule is CCCCCCC=C1CCC2C3CCC4=CC(=O)CC[C@]4(C)C3CC[C@]12C. The lowest BCUT2D eigenvalue weighted by Crippen LogP contribution is -2.49. The van der Waals surface area contributed by atoms with Crippen molar-refractivity contribution in [2.24, 2.45) is 28.6 Å². The number of fused-ring (bicyclic) bond motifs is 5. The summed E-state index contributed by atoms with van der Waals surface area (Å²) in [4.78, 5) is 12.0. The molecular formula is C26H40O. The zero-order chi connectivity index (χ0) is 19.1. The molecule has 150 valence electrons. The smallest absolute Gasteiger partial charge is 0.155 e. The molecule has 0 aromatic carbocycles. The summed E-state index contributed by atoms with van der Waals surface area (Å²) in [6.07, 6.45) is 21.5. The van der Waals surface area contributed by atoms with Crippen LogP contribution in [0.5, 0.6) is 0 Å². The van der Waals surface area contributed by atoms with Gasteiger partial charge in [0.1, 0.15) is 0 Å². The van der Waals surface area contributed by atoms with Crippen LogP contribution in [0.2, 0.25) is 0 Å². The molecule has 3 unspecified atom stereocenters. The molecule has 0 aliphatic heterocycles. The van der Waals surface area contributed by atoms with Crippen LogP contribution >= 0.6 is 0 Å². The summed E-state index contributed by atoms with van der Waals surface area (Å²) < 4.78 is 0. The third kappa shape index (κ3) is 3.28. The second kappa shape index (κ2) is 7.53. The van der Waals surface area contributed by atoms with Crippen molar-refractivity contribution < 1.29 is 4.79 Å². The van der Waals surface area contributed by atoms with E-state index in [1.165, 1.54) is 76.2 Å². The van der Waals surface area contributed by atoms with Gasteiger partial charge in [-0.25, -0.2) is 0 Å². The van der Waals surface area contributed by atoms with Crippen molar-refractivity contribution in [1.82, 2.24) is 0 Å². The van der Waals surface area contributed by atoms with E-state index in [-0.39, 0.29) is 0 Å². The maximum atomic E-state index is 12.0. The third-order valence-electron chi connectivity index (χ3n) is 9.26. The Morgan fingerprint density at radius 3 is 2.59 bits per heavy atom. The average Bonchev–Trinajstić information content (AvgIpc) is 2.99. The van der Waals surface area contributed by atoms with Gasteiger partial charge in [-0.1, -0.05) is 57.3 Å². The molecule has 4 aliphatic carbocycles. The van der Waals surface area contributed by atoms with Crippen molar-refractivity contribution in [1.29, 1.82) is 0 Å². The number of unbranched alkanes of at least 4 members (excludes halogenated alkanes) is 4. The zero-order valence-corrected chi connectivity index (χ0v) is 18.0. The number of allylic oxidation sites excluding steroid dienone is 3. The van der Waals surface area contributed by atoms with Crippen LogP contribution in [-0.4, -0.2) is 5.78 Å². The molecule has 0 N–H and O–H groups in total. The van der Waals surface area contributed by atoms with Crippen molar-refractivity contribution in [3.8, 4) is 0 Å². The summed E-state index contributed by atoms with van der Waals surface area (Å²) in [5.74, 6) is 3.00. The van der Waals surface area contributed by atoms with Crippen molar-refractivity contribution >= 4 is 5.78 Å². The summed E-state index contributed by atoms with van der Waals surface area (Å²) >= 11 is 0. The minimum Gasteiger partial charge on any atom is -0.295 e. The van der Waals surface area contributed by atoms with E-state index < -0.39 is 0 Å². The van der Waals surface area contributed by atoms with Crippen molar-refractivity contribution in [2.75, 3.05) is 0 Å². The molecule has 0 radical (unpaired) electrons. The molecule has 5 atom stereocenters. The molecule has 0 heterocycles. The van der Waals surface area contributed by atoms with Gasteiger partial charge in [0.2, 0.25) is 0 Å². The Bertz CT molecular complexity index is 641. The summed E-state index contributed by atoms with van der Waals surface area (Å²) in [6, 6.07) is 0. The first-order valence-corrected chi connectivity index (χ1v) is 11.9. The van der Waals surface area contributed by atoms with Crippen molar-refractivity contribution in [3.63, 3.8) is 0 Å². The molecule has 0 bridgehead atoms. The maximum absolute atomic E-state index is 12.0. The molecule has 4 rings (SSSR count). The van der Waals surface area contributed by atoms with Gasteiger partial charge in [-0.15, -0.1) is 0 Å². The van der Waals surface area contributed by atoms with Gasteiger partial charge in [-0.2, -0.15) is 0 Å². The van der Waals surface area contributed by atoms with E-state index in [1.54, 1.807) is 0 Å². The summed E-state index contributed by atoms with van der Waals surface area (Å²) in [5.41, 5.74) is 4.12. The van der Waals surface area contributed by atoms with E-state index >= 15 is 0 Å². The summed E-state index contributed by atoms with van der Waals surface area (Å²) in [7, 11) is 0. The van der Waals surface area contributed by atoms with Gasteiger partial charge < -0.3 is 0 Å². The predicted octanol–water partition coefficient (Wildman–Crippen LogP) is 7.42. The Kier molecular flexibility index (Phi) is 5.43. The number of hydrogen-bond acceptors (Lipinski definition) is 1.